The van der Waals surface area contributed by atoms with Gasteiger partial charge in [-0.15, -0.1) is 24.8 Å². The second-order valence-electron chi connectivity index (χ2n) is 4.68. The number of hydrogen-bond acceptors (Lipinski definition) is 3. The molecule has 6 heteroatoms. The summed E-state index contributed by atoms with van der Waals surface area (Å²) in [6.45, 7) is 2.14. The normalized spacial score (nSPS) is 15.2. The van der Waals surface area contributed by atoms with E-state index in [-0.39, 0.29) is 24.8 Å². The van der Waals surface area contributed by atoms with E-state index in [0.29, 0.717) is 6.04 Å². The quantitative estimate of drug-likeness (QED) is 0.874. The van der Waals surface area contributed by atoms with Crippen molar-refractivity contribution in [3.63, 3.8) is 0 Å². The van der Waals surface area contributed by atoms with Gasteiger partial charge in [-0.3, -0.25) is 0 Å². The van der Waals surface area contributed by atoms with Crippen LogP contribution in [0.25, 0.3) is 10.9 Å². The van der Waals surface area contributed by atoms with Gasteiger partial charge in [0.2, 0.25) is 0 Å². The topological polar surface area (TPSA) is 37.0 Å². The zero-order valence-electron chi connectivity index (χ0n) is 10.9. The molecule has 2 heterocycles. The number of halogens is 3. The van der Waals surface area contributed by atoms with Gasteiger partial charge in [-0.05, 0) is 38.1 Å². The van der Waals surface area contributed by atoms with Crippen LogP contribution in [-0.4, -0.2) is 24.1 Å². The molecule has 1 saturated heterocycles. The monoisotopic (exact) mass is 333 g/mol. The number of piperidine rings is 1. The van der Waals surface area contributed by atoms with Gasteiger partial charge >= 0.3 is 0 Å². The van der Waals surface area contributed by atoms with Crippen molar-refractivity contribution in [2.45, 2.75) is 18.9 Å². The first-order valence-electron chi connectivity index (χ1n) is 6.35. The van der Waals surface area contributed by atoms with Gasteiger partial charge in [0.25, 0.3) is 0 Å². The summed E-state index contributed by atoms with van der Waals surface area (Å²) >= 11 is 6.29. The first-order valence-corrected chi connectivity index (χ1v) is 6.73. The van der Waals surface area contributed by atoms with Crippen LogP contribution in [-0.2, 0) is 0 Å². The molecule has 3 nitrogen and oxygen atoms in total. The Kier molecular flexibility index (Phi) is 6.83. The van der Waals surface area contributed by atoms with Gasteiger partial charge in [0, 0.05) is 11.4 Å². The first-order chi connectivity index (χ1) is 8.83. The smallest absolute Gasteiger partial charge is 0.128 e. The van der Waals surface area contributed by atoms with Crippen molar-refractivity contribution >= 4 is 53.1 Å². The molecule has 1 aliphatic heterocycles. The van der Waals surface area contributed by atoms with Crippen molar-refractivity contribution in [2.75, 3.05) is 18.4 Å². The Morgan fingerprint density at radius 3 is 2.60 bits per heavy atom. The van der Waals surface area contributed by atoms with E-state index in [2.05, 4.69) is 15.6 Å². The maximum Gasteiger partial charge on any atom is 0.128 e. The third-order valence-corrected chi connectivity index (χ3v) is 3.67. The first kappa shape index (κ1) is 17.3. The average Bonchev–Trinajstić information content (AvgIpc) is 2.40. The van der Waals surface area contributed by atoms with Crippen LogP contribution in [0.5, 0.6) is 0 Å². The minimum Gasteiger partial charge on any atom is -0.367 e. The van der Waals surface area contributed by atoms with Crippen LogP contribution in [0, 0.1) is 0 Å². The van der Waals surface area contributed by atoms with E-state index in [4.69, 9.17) is 11.6 Å². The van der Waals surface area contributed by atoms with E-state index in [1.54, 1.807) is 0 Å². The van der Waals surface area contributed by atoms with Crippen molar-refractivity contribution in [3.05, 3.63) is 35.4 Å². The number of anilines is 1. The van der Waals surface area contributed by atoms with Crippen LogP contribution in [0.4, 0.5) is 5.82 Å². The third kappa shape index (κ3) is 3.89. The molecule has 1 aromatic carbocycles. The maximum absolute atomic E-state index is 6.29. The van der Waals surface area contributed by atoms with Gasteiger partial charge in [-0.1, -0.05) is 29.8 Å². The molecule has 20 heavy (non-hydrogen) atoms. The second-order valence-corrected chi connectivity index (χ2v) is 5.08. The van der Waals surface area contributed by atoms with Gasteiger partial charge < -0.3 is 10.6 Å². The number of nitrogens with one attached hydrogen (secondary N) is 2. The molecule has 3 rings (SSSR count). The molecule has 0 aliphatic carbocycles. The fourth-order valence-corrected chi connectivity index (χ4v) is 2.65. The molecule has 0 spiro atoms. The van der Waals surface area contributed by atoms with Crippen molar-refractivity contribution in [1.82, 2.24) is 10.3 Å². The van der Waals surface area contributed by atoms with E-state index >= 15 is 0 Å². The summed E-state index contributed by atoms with van der Waals surface area (Å²) in [5.74, 6) is 0.880. The molecule has 2 aromatic rings. The molecule has 1 aromatic heterocycles. The molecule has 2 N–H and O–H groups in total. The Morgan fingerprint density at radius 1 is 1.15 bits per heavy atom. The van der Waals surface area contributed by atoms with Gasteiger partial charge in [-0.25, -0.2) is 4.98 Å². The Morgan fingerprint density at radius 2 is 1.85 bits per heavy atom. The van der Waals surface area contributed by atoms with Crippen LogP contribution in [0.3, 0.4) is 0 Å². The maximum atomic E-state index is 6.29. The van der Waals surface area contributed by atoms with Crippen LogP contribution in [0.2, 0.25) is 5.02 Å². The zero-order valence-corrected chi connectivity index (χ0v) is 13.3. The summed E-state index contributed by atoms with van der Waals surface area (Å²) in [5, 5.41) is 8.60. The van der Waals surface area contributed by atoms with Gasteiger partial charge in [0.1, 0.15) is 5.82 Å². The van der Waals surface area contributed by atoms with Crippen molar-refractivity contribution in [1.29, 1.82) is 0 Å². The molecular formula is C14H18Cl3N3. The highest BCUT2D eigenvalue weighted by Crippen LogP contribution is 2.25. The lowest BCUT2D eigenvalue weighted by Crippen LogP contribution is -2.35. The number of rotatable bonds is 2. The summed E-state index contributed by atoms with van der Waals surface area (Å²) in [4.78, 5) is 4.61. The van der Waals surface area contributed by atoms with Gasteiger partial charge in [0.05, 0.1) is 10.5 Å². The van der Waals surface area contributed by atoms with Crippen molar-refractivity contribution < 1.29 is 0 Å². The SMILES string of the molecule is Cl.Cl.Clc1cc(NC2CCNCC2)nc2ccccc12. The van der Waals surface area contributed by atoms with E-state index in [1.165, 1.54) is 0 Å². The number of pyridine rings is 1. The van der Waals surface area contributed by atoms with Gasteiger partial charge in [-0.2, -0.15) is 0 Å². The molecular weight excluding hydrogens is 317 g/mol. The third-order valence-electron chi connectivity index (χ3n) is 3.36. The fourth-order valence-electron chi connectivity index (χ4n) is 2.38. The van der Waals surface area contributed by atoms with E-state index < -0.39 is 0 Å². The Hall–Kier alpha value is -0.740. The predicted molar refractivity (Wildman–Crippen MR) is 90.8 cm³/mol. The number of aromatic nitrogens is 1. The highest BCUT2D eigenvalue weighted by Gasteiger charge is 2.13. The minimum atomic E-state index is 0. The Labute approximate surface area is 136 Å². The van der Waals surface area contributed by atoms with Gasteiger partial charge in [0.15, 0.2) is 0 Å². The van der Waals surface area contributed by atoms with Crippen LogP contribution >= 0.6 is 36.4 Å². The molecule has 1 fully saturated rings. The zero-order chi connectivity index (χ0) is 12.4. The summed E-state index contributed by atoms with van der Waals surface area (Å²) in [5.41, 5.74) is 0.946. The molecule has 0 atom stereocenters. The van der Waals surface area contributed by atoms with E-state index in [0.717, 1.165) is 47.7 Å². The number of nitrogens with zero attached hydrogens (tertiary/aromatic N) is 1. The molecule has 0 saturated carbocycles. The fraction of sp³-hybridized carbons (Fsp3) is 0.357. The minimum absolute atomic E-state index is 0. The van der Waals surface area contributed by atoms with Crippen molar-refractivity contribution in [2.24, 2.45) is 0 Å². The second kappa shape index (κ2) is 7.89. The Balaban J connectivity index is 0.000001000. The molecule has 0 amide bonds. The summed E-state index contributed by atoms with van der Waals surface area (Å²) in [6.07, 6.45) is 2.26. The standard InChI is InChI=1S/C14H16ClN3.2ClH/c15-12-9-14(17-10-5-7-16-8-6-10)18-13-4-2-1-3-11(12)13;;/h1-4,9-10,16H,5-8H2,(H,17,18);2*1H. The summed E-state index contributed by atoms with van der Waals surface area (Å²) in [6, 6.07) is 10.4. The number of hydrogen-bond donors (Lipinski definition) is 2. The Bertz CT molecular complexity index is 556. The molecule has 1 aliphatic rings. The summed E-state index contributed by atoms with van der Waals surface area (Å²) in [7, 11) is 0. The summed E-state index contributed by atoms with van der Waals surface area (Å²) < 4.78 is 0. The largest absolute Gasteiger partial charge is 0.367 e. The van der Waals surface area contributed by atoms with Crippen LogP contribution in [0.1, 0.15) is 12.8 Å². The number of para-hydroxylation sites is 1. The number of fused-ring (bicyclic) bond motifs is 1. The van der Waals surface area contributed by atoms with Crippen molar-refractivity contribution in [3.8, 4) is 0 Å². The molecule has 0 bridgehead atoms. The highest BCUT2D eigenvalue weighted by atomic mass is 35.5. The average molecular weight is 335 g/mol. The van der Waals surface area contributed by atoms with E-state index in [9.17, 15) is 0 Å². The lowest BCUT2D eigenvalue weighted by Gasteiger charge is -2.24. The lowest BCUT2D eigenvalue weighted by atomic mass is 10.1. The van der Waals surface area contributed by atoms with Crippen LogP contribution < -0.4 is 10.6 Å². The molecule has 110 valence electrons. The molecule has 0 radical (unpaired) electrons. The van der Waals surface area contributed by atoms with Crippen LogP contribution in [0.15, 0.2) is 30.3 Å². The molecule has 0 unspecified atom stereocenters. The predicted octanol–water partition coefficient (Wildman–Crippen LogP) is 3.90. The van der Waals surface area contributed by atoms with E-state index in [1.807, 2.05) is 30.3 Å². The lowest BCUT2D eigenvalue weighted by molar-refractivity contribution is 0.478. The highest BCUT2D eigenvalue weighted by molar-refractivity contribution is 6.35. The number of benzene rings is 1.